The molecule has 0 fully saturated rings. The molecule has 0 spiro atoms. The first kappa shape index (κ1) is 24.4. The average Bonchev–Trinajstić information content (AvgIpc) is 2.81. The molecule has 0 bridgehead atoms. The van der Waals surface area contributed by atoms with Crippen molar-refractivity contribution in [1.29, 1.82) is 0 Å². The number of carbonyl (C=O) groups is 1. The minimum Gasteiger partial charge on any atom is -0.493 e. The number of thioether (sulfide) groups is 1. The van der Waals surface area contributed by atoms with Crippen LogP contribution in [-0.2, 0) is 11.2 Å². The van der Waals surface area contributed by atoms with Crippen LogP contribution in [0.4, 0.5) is 11.4 Å². The van der Waals surface area contributed by atoms with Crippen LogP contribution < -0.4 is 15.8 Å². The van der Waals surface area contributed by atoms with Crippen molar-refractivity contribution in [3.8, 4) is 11.6 Å². The molecule has 1 aromatic heterocycles. The first-order valence-corrected chi connectivity index (χ1v) is 12.1. The smallest absolute Gasteiger partial charge is 0.265 e. The summed E-state index contributed by atoms with van der Waals surface area (Å²) in [4.78, 5) is 32.2. The van der Waals surface area contributed by atoms with Gasteiger partial charge in [0.05, 0.1) is 17.0 Å². The fourth-order valence-electron chi connectivity index (χ4n) is 3.63. The van der Waals surface area contributed by atoms with Crippen molar-refractivity contribution < 1.29 is 9.90 Å². The molecule has 3 aromatic rings. The van der Waals surface area contributed by atoms with E-state index >= 15 is 0 Å². The molecular formula is C25H30N4O3S. The van der Waals surface area contributed by atoms with Gasteiger partial charge in [-0.05, 0) is 63.1 Å². The fourth-order valence-corrected chi connectivity index (χ4v) is 4.43. The third-order valence-electron chi connectivity index (χ3n) is 5.44. The quantitative estimate of drug-likeness (QED) is 0.359. The van der Waals surface area contributed by atoms with Gasteiger partial charge in [-0.25, -0.2) is 0 Å². The number of anilines is 2. The molecule has 0 unspecified atom stereocenters. The molecule has 1 amide bonds. The molecule has 0 atom stereocenters. The predicted molar refractivity (Wildman–Crippen MR) is 135 cm³/mol. The maximum Gasteiger partial charge on any atom is 0.265 e. The summed E-state index contributed by atoms with van der Waals surface area (Å²) in [5, 5.41) is 13.5. The largest absolute Gasteiger partial charge is 0.493 e. The van der Waals surface area contributed by atoms with Gasteiger partial charge in [0.2, 0.25) is 11.8 Å². The van der Waals surface area contributed by atoms with Crippen LogP contribution in [0.1, 0.15) is 31.9 Å². The maximum atomic E-state index is 13.0. The van der Waals surface area contributed by atoms with Gasteiger partial charge in [0.1, 0.15) is 0 Å². The van der Waals surface area contributed by atoms with Crippen LogP contribution in [0.2, 0.25) is 0 Å². The molecule has 0 aliphatic heterocycles. The van der Waals surface area contributed by atoms with Crippen LogP contribution in [0.25, 0.3) is 5.69 Å². The molecule has 2 N–H and O–H groups in total. The minimum absolute atomic E-state index is 0.0431. The molecule has 8 heteroatoms. The third-order valence-corrected chi connectivity index (χ3v) is 6.38. The lowest BCUT2D eigenvalue weighted by molar-refractivity contribution is -0.113. The Bertz CT molecular complexity index is 1170. The van der Waals surface area contributed by atoms with E-state index in [2.05, 4.69) is 35.1 Å². The summed E-state index contributed by atoms with van der Waals surface area (Å²) in [5.41, 5.74) is 3.39. The maximum absolute atomic E-state index is 13.0. The fraction of sp³-hybridized carbons (Fsp3) is 0.320. The molecule has 174 valence electrons. The lowest BCUT2D eigenvalue weighted by Gasteiger charge is -2.22. The molecule has 0 aliphatic carbocycles. The lowest BCUT2D eigenvalue weighted by atomic mass is 10.1. The number of rotatable bonds is 9. The summed E-state index contributed by atoms with van der Waals surface area (Å²) in [6.07, 6.45) is 0.360. The monoisotopic (exact) mass is 466 g/mol. The van der Waals surface area contributed by atoms with Crippen LogP contribution in [-0.4, -0.2) is 39.4 Å². The predicted octanol–water partition coefficient (Wildman–Crippen LogP) is 4.39. The van der Waals surface area contributed by atoms with E-state index in [1.165, 1.54) is 4.57 Å². The summed E-state index contributed by atoms with van der Waals surface area (Å²) in [7, 11) is 0. The van der Waals surface area contributed by atoms with Crippen molar-refractivity contribution >= 4 is 29.0 Å². The number of aromatic nitrogens is 2. The molecule has 1 heterocycles. The van der Waals surface area contributed by atoms with E-state index in [9.17, 15) is 14.7 Å². The molecule has 2 aromatic carbocycles. The van der Waals surface area contributed by atoms with E-state index in [1.54, 1.807) is 19.1 Å². The van der Waals surface area contributed by atoms with E-state index in [0.717, 1.165) is 41.8 Å². The first-order chi connectivity index (χ1) is 15.9. The second-order valence-electron chi connectivity index (χ2n) is 7.53. The Kier molecular flexibility index (Phi) is 8.16. The zero-order valence-electron chi connectivity index (χ0n) is 19.5. The molecule has 33 heavy (non-hydrogen) atoms. The molecular weight excluding hydrogens is 436 g/mol. The van der Waals surface area contributed by atoms with Gasteiger partial charge in [-0.15, -0.1) is 0 Å². The summed E-state index contributed by atoms with van der Waals surface area (Å²) < 4.78 is 1.45. The van der Waals surface area contributed by atoms with Crippen LogP contribution in [0.3, 0.4) is 0 Å². The molecule has 0 saturated carbocycles. The molecule has 0 aliphatic rings. The summed E-state index contributed by atoms with van der Waals surface area (Å²) in [5.74, 6) is -0.464. The van der Waals surface area contributed by atoms with Crippen molar-refractivity contribution in [2.75, 3.05) is 29.1 Å². The molecule has 7 nitrogen and oxygen atoms in total. The topological polar surface area (TPSA) is 87.5 Å². The number of benzene rings is 2. The van der Waals surface area contributed by atoms with Crippen molar-refractivity contribution in [3.63, 3.8) is 0 Å². The Labute approximate surface area is 198 Å². The number of carbonyl (C=O) groups excluding carboxylic acids is 1. The molecule has 0 radical (unpaired) electrons. The van der Waals surface area contributed by atoms with Crippen molar-refractivity contribution in [2.45, 2.75) is 39.3 Å². The Morgan fingerprint density at radius 2 is 1.82 bits per heavy atom. The highest BCUT2D eigenvalue weighted by Gasteiger charge is 2.18. The highest BCUT2D eigenvalue weighted by atomic mass is 32.2. The van der Waals surface area contributed by atoms with Gasteiger partial charge in [-0.2, -0.15) is 4.98 Å². The van der Waals surface area contributed by atoms with E-state index in [4.69, 9.17) is 0 Å². The number of nitrogens with one attached hydrogen (secondary N) is 1. The second-order valence-corrected chi connectivity index (χ2v) is 8.48. The van der Waals surface area contributed by atoms with Crippen molar-refractivity contribution in [3.05, 3.63) is 70.0 Å². The van der Waals surface area contributed by atoms with Crippen LogP contribution >= 0.6 is 11.8 Å². The number of hydrogen-bond acceptors (Lipinski definition) is 6. The zero-order valence-corrected chi connectivity index (χ0v) is 20.3. The highest BCUT2D eigenvalue weighted by Crippen LogP contribution is 2.25. The Morgan fingerprint density at radius 1 is 1.12 bits per heavy atom. The van der Waals surface area contributed by atoms with Gasteiger partial charge < -0.3 is 15.3 Å². The van der Waals surface area contributed by atoms with Gasteiger partial charge in [-0.3, -0.25) is 14.2 Å². The number of amides is 1. The Morgan fingerprint density at radius 3 is 2.42 bits per heavy atom. The normalized spacial score (nSPS) is 10.8. The van der Waals surface area contributed by atoms with E-state index in [-0.39, 0.29) is 33.8 Å². The van der Waals surface area contributed by atoms with Gasteiger partial charge in [0.25, 0.3) is 5.56 Å². The van der Waals surface area contributed by atoms with E-state index in [0.29, 0.717) is 12.1 Å². The highest BCUT2D eigenvalue weighted by molar-refractivity contribution is 7.99. The zero-order chi connectivity index (χ0) is 24.0. The standard InChI is InChI=1S/C25H30N4O3S/c1-5-20-23(31)27-25(29(24(20)32)18-11-9-8-10-12-18)33-16-22(30)26-21-14-13-19(15-17(21)4)28(6-2)7-3/h8-15,31H,5-7,16H2,1-4H3,(H,26,30). The number of aryl methyl sites for hydroxylation is 1. The SMILES string of the molecule is CCc1c(O)nc(SCC(=O)Nc2ccc(N(CC)CC)cc2C)n(-c2ccccc2)c1=O. The summed E-state index contributed by atoms with van der Waals surface area (Å²) >= 11 is 1.11. The Hall–Kier alpha value is -3.26. The van der Waals surface area contributed by atoms with Gasteiger partial charge in [0.15, 0.2) is 5.16 Å². The number of nitrogens with zero attached hydrogens (tertiary/aromatic N) is 3. The van der Waals surface area contributed by atoms with Crippen LogP contribution in [0.15, 0.2) is 58.5 Å². The third kappa shape index (κ3) is 5.57. The minimum atomic E-state index is -0.332. The number of aromatic hydroxyl groups is 1. The second kappa shape index (κ2) is 11.0. The van der Waals surface area contributed by atoms with Crippen molar-refractivity contribution in [2.24, 2.45) is 0 Å². The lowest BCUT2D eigenvalue weighted by Crippen LogP contribution is -2.25. The van der Waals surface area contributed by atoms with Gasteiger partial charge in [0, 0.05) is 24.5 Å². The van der Waals surface area contributed by atoms with Crippen molar-refractivity contribution in [1.82, 2.24) is 9.55 Å². The average molecular weight is 467 g/mol. The number of hydrogen-bond donors (Lipinski definition) is 2. The van der Waals surface area contributed by atoms with Crippen LogP contribution in [0, 0.1) is 6.92 Å². The van der Waals surface area contributed by atoms with E-state index in [1.807, 2.05) is 37.3 Å². The molecule has 3 rings (SSSR count). The van der Waals surface area contributed by atoms with Gasteiger partial charge in [-0.1, -0.05) is 36.9 Å². The summed E-state index contributed by atoms with van der Waals surface area (Å²) in [6, 6.07) is 15.1. The van der Waals surface area contributed by atoms with E-state index < -0.39 is 0 Å². The summed E-state index contributed by atoms with van der Waals surface area (Å²) in [6.45, 7) is 9.81. The van der Waals surface area contributed by atoms with Crippen LogP contribution in [0.5, 0.6) is 5.88 Å². The number of para-hydroxylation sites is 1. The van der Waals surface area contributed by atoms with Gasteiger partial charge >= 0.3 is 0 Å². The Balaban J connectivity index is 1.80. The first-order valence-electron chi connectivity index (χ1n) is 11.1. The molecule has 0 saturated heterocycles.